The molecule has 2 fully saturated rings. The summed E-state index contributed by atoms with van der Waals surface area (Å²) in [5, 5.41) is 2.87. The van der Waals surface area contributed by atoms with Crippen molar-refractivity contribution in [2.45, 2.75) is 44.8 Å². The predicted molar refractivity (Wildman–Crippen MR) is 112 cm³/mol. The number of hydrogen-bond donors (Lipinski definition) is 1. The number of amides is 2. The van der Waals surface area contributed by atoms with E-state index in [0.29, 0.717) is 18.7 Å². The molecule has 2 aliphatic heterocycles. The Morgan fingerprint density at radius 1 is 1.25 bits per heavy atom. The maximum atomic E-state index is 12.3. The highest BCUT2D eigenvalue weighted by molar-refractivity contribution is 7.99. The van der Waals surface area contributed by atoms with Crippen molar-refractivity contribution in [1.82, 2.24) is 4.90 Å². The van der Waals surface area contributed by atoms with Gasteiger partial charge in [0.2, 0.25) is 5.91 Å². The molecule has 2 atom stereocenters. The summed E-state index contributed by atoms with van der Waals surface area (Å²) >= 11 is 1.89. The number of anilines is 1. The van der Waals surface area contributed by atoms with Crippen LogP contribution in [-0.2, 0) is 25.5 Å². The Balaban J connectivity index is 1.42. The Kier molecular flexibility index (Phi) is 8.18. The average molecular weight is 407 g/mol. The molecule has 0 radical (unpaired) electrons. The molecule has 2 heterocycles. The summed E-state index contributed by atoms with van der Waals surface area (Å²) in [7, 11) is 0. The van der Waals surface area contributed by atoms with Gasteiger partial charge in [-0.05, 0) is 43.9 Å². The van der Waals surface area contributed by atoms with Crippen LogP contribution in [0.25, 0.3) is 0 Å². The second kappa shape index (κ2) is 10.8. The molecule has 0 spiro atoms. The topological polar surface area (TPSA) is 67.9 Å². The smallest absolute Gasteiger partial charge is 0.253 e. The van der Waals surface area contributed by atoms with Crippen molar-refractivity contribution in [2.24, 2.45) is 0 Å². The standard InChI is InChI=1S/C21H30N2O4S/c1-16(27-15-19-4-2-3-11-26-19)21(25)22-18-7-5-17(6-8-18)14-20(24)23-9-12-28-13-10-23/h5-8,16,19H,2-4,9-15H2,1H3,(H,22,25). The fourth-order valence-electron chi connectivity index (χ4n) is 3.32. The lowest BCUT2D eigenvalue weighted by molar-refractivity contribution is -0.130. The zero-order valence-corrected chi connectivity index (χ0v) is 17.3. The van der Waals surface area contributed by atoms with E-state index in [2.05, 4.69) is 5.32 Å². The third-order valence-corrected chi connectivity index (χ3v) is 6.06. The minimum Gasteiger partial charge on any atom is -0.376 e. The van der Waals surface area contributed by atoms with Gasteiger partial charge in [-0.1, -0.05) is 12.1 Å². The molecule has 2 saturated heterocycles. The Morgan fingerprint density at radius 3 is 2.68 bits per heavy atom. The fourth-order valence-corrected chi connectivity index (χ4v) is 4.22. The fraction of sp³-hybridized carbons (Fsp3) is 0.619. The summed E-state index contributed by atoms with van der Waals surface area (Å²) in [6, 6.07) is 7.47. The number of nitrogens with one attached hydrogen (secondary N) is 1. The van der Waals surface area contributed by atoms with Gasteiger partial charge in [0.25, 0.3) is 5.91 Å². The number of carbonyl (C=O) groups excluding carboxylic acids is 2. The van der Waals surface area contributed by atoms with E-state index in [4.69, 9.17) is 9.47 Å². The number of benzene rings is 1. The normalized spacial score (nSPS) is 21.2. The van der Waals surface area contributed by atoms with Crippen LogP contribution in [0.15, 0.2) is 24.3 Å². The molecule has 1 aromatic carbocycles. The highest BCUT2D eigenvalue weighted by atomic mass is 32.2. The molecule has 154 valence electrons. The molecule has 1 aromatic rings. The second-order valence-electron chi connectivity index (χ2n) is 7.32. The maximum Gasteiger partial charge on any atom is 0.253 e. The first-order valence-electron chi connectivity index (χ1n) is 10.1. The van der Waals surface area contributed by atoms with Crippen molar-refractivity contribution >= 4 is 29.3 Å². The molecule has 0 aliphatic carbocycles. The molecule has 0 saturated carbocycles. The van der Waals surface area contributed by atoms with Gasteiger partial charge < -0.3 is 19.7 Å². The number of thioether (sulfide) groups is 1. The minimum absolute atomic E-state index is 0.0966. The molecule has 0 bridgehead atoms. The molecule has 1 N–H and O–H groups in total. The zero-order valence-electron chi connectivity index (χ0n) is 16.5. The summed E-state index contributed by atoms with van der Waals surface area (Å²) in [6.07, 6.45) is 3.21. The van der Waals surface area contributed by atoms with Crippen LogP contribution in [0.5, 0.6) is 0 Å². The van der Waals surface area contributed by atoms with E-state index in [9.17, 15) is 9.59 Å². The van der Waals surface area contributed by atoms with Crippen LogP contribution in [-0.4, -0.2) is 66.7 Å². The van der Waals surface area contributed by atoms with E-state index in [1.54, 1.807) is 6.92 Å². The minimum atomic E-state index is -0.538. The van der Waals surface area contributed by atoms with Crippen LogP contribution in [0, 0.1) is 0 Å². The van der Waals surface area contributed by atoms with Crippen molar-refractivity contribution in [3.63, 3.8) is 0 Å². The third kappa shape index (κ3) is 6.50. The van der Waals surface area contributed by atoms with Gasteiger partial charge in [-0.15, -0.1) is 0 Å². The van der Waals surface area contributed by atoms with Gasteiger partial charge in [0.05, 0.1) is 19.1 Å². The van der Waals surface area contributed by atoms with Gasteiger partial charge >= 0.3 is 0 Å². The molecule has 6 nitrogen and oxygen atoms in total. The van der Waals surface area contributed by atoms with E-state index in [-0.39, 0.29) is 17.9 Å². The summed E-state index contributed by atoms with van der Waals surface area (Å²) in [6.45, 7) is 4.65. The molecule has 2 unspecified atom stereocenters. The van der Waals surface area contributed by atoms with Crippen LogP contribution in [0.4, 0.5) is 5.69 Å². The van der Waals surface area contributed by atoms with Gasteiger partial charge in [-0.2, -0.15) is 11.8 Å². The molecule has 2 aliphatic rings. The summed E-state index contributed by atoms with van der Waals surface area (Å²) < 4.78 is 11.3. The van der Waals surface area contributed by atoms with Crippen molar-refractivity contribution in [1.29, 1.82) is 0 Å². The largest absolute Gasteiger partial charge is 0.376 e. The van der Waals surface area contributed by atoms with Gasteiger partial charge in [-0.25, -0.2) is 0 Å². The molecule has 3 rings (SSSR count). The quantitative estimate of drug-likeness (QED) is 0.754. The van der Waals surface area contributed by atoms with E-state index in [1.807, 2.05) is 40.9 Å². The first kappa shape index (κ1) is 21.1. The van der Waals surface area contributed by atoms with E-state index < -0.39 is 6.10 Å². The Hall–Kier alpha value is -1.57. The highest BCUT2D eigenvalue weighted by Gasteiger charge is 2.19. The van der Waals surface area contributed by atoms with E-state index >= 15 is 0 Å². The van der Waals surface area contributed by atoms with Gasteiger partial charge in [-0.3, -0.25) is 9.59 Å². The van der Waals surface area contributed by atoms with Crippen LogP contribution in [0.2, 0.25) is 0 Å². The highest BCUT2D eigenvalue weighted by Crippen LogP contribution is 2.16. The first-order chi connectivity index (χ1) is 13.6. The zero-order chi connectivity index (χ0) is 19.8. The number of hydrogen-bond acceptors (Lipinski definition) is 5. The molecular formula is C21H30N2O4S. The van der Waals surface area contributed by atoms with E-state index in [1.165, 1.54) is 0 Å². The lowest BCUT2D eigenvalue weighted by atomic mass is 10.1. The van der Waals surface area contributed by atoms with Crippen molar-refractivity contribution < 1.29 is 19.1 Å². The summed E-state index contributed by atoms with van der Waals surface area (Å²) in [5.41, 5.74) is 1.67. The molecule has 28 heavy (non-hydrogen) atoms. The molecule has 0 aromatic heterocycles. The Bertz CT molecular complexity index is 640. The van der Waals surface area contributed by atoms with Crippen LogP contribution < -0.4 is 5.32 Å². The average Bonchev–Trinajstić information content (AvgIpc) is 2.74. The molecular weight excluding hydrogens is 376 g/mol. The predicted octanol–water partition coefficient (Wildman–Crippen LogP) is 2.72. The lowest BCUT2D eigenvalue weighted by Gasteiger charge is -2.26. The monoisotopic (exact) mass is 406 g/mol. The number of rotatable bonds is 7. The van der Waals surface area contributed by atoms with Gasteiger partial charge in [0.1, 0.15) is 6.10 Å². The van der Waals surface area contributed by atoms with Gasteiger partial charge in [0.15, 0.2) is 0 Å². The molecule has 2 amide bonds. The first-order valence-corrected chi connectivity index (χ1v) is 11.3. The van der Waals surface area contributed by atoms with Crippen molar-refractivity contribution in [2.75, 3.05) is 43.1 Å². The molecule has 7 heteroatoms. The maximum absolute atomic E-state index is 12.3. The van der Waals surface area contributed by atoms with Gasteiger partial charge in [0, 0.05) is 36.9 Å². The number of ether oxygens (including phenoxy) is 2. The summed E-state index contributed by atoms with van der Waals surface area (Å²) in [5.74, 6) is 2.03. The Morgan fingerprint density at radius 2 is 2.00 bits per heavy atom. The van der Waals surface area contributed by atoms with Crippen LogP contribution in [0.3, 0.4) is 0 Å². The van der Waals surface area contributed by atoms with Crippen molar-refractivity contribution in [3.8, 4) is 0 Å². The summed E-state index contributed by atoms with van der Waals surface area (Å²) in [4.78, 5) is 26.6. The van der Waals surface area contributed by atoms with Crippen LogP contribution in [0.1, 0.15) is 31.7 Å². The number of nitrogens with zero attached hydrogens (tertiary/aromatic N) is 1. The Labute approximate surface area is 171 Å². The van der Waals surface area contributed by atoms with Crippen LogP contribution >= 0.6 is 11.8 Å². The van der Waals surface area contributed by atoms with E-state index in [0.717, 1.165) is 56.0 Å². The van der Waals surface area contributed by atoms with Crippen molar-refractivity contribution in [3.05, 3.63) is 29.8 Å². The number of carbonyl (C=O) groups is 2. The SMILES string of the molecule is CC(OCC1CCCCO1)C(=O)Nc1ccc(CC(=O)N2CCSCC2)cc1. The lowest BCUT2D eigenvalue weighted by Crippen LogP contribution is -2.38. The third-order valence-electron chi connectivity index (χ3n) is 5.12. The second-order valence-corrected chi connectivity index (χ2v) is 8.54.